The lowest BCUT2D eigenvalue weighted by molar-refractivity contribution is 0.842. The molecule has 1 heterocycles. The molecule has 1 unspecified atom stereocenters. The summed E-state index contributed by atoms with van der Waals surface area (Å²) in [6.45, 7) is 2.00. The fourth-order valence-corrected chi connectivity index (χ4v) is 2.85. The van der Waals surface area contributed by atoms with Crippen LogP contribution in [-0.2, 0) is 0 Å². The van der Waals surface area contributed by atoms with Crippen molar-refractivity contribution in [2.45, 2.75) is 13.0 Å². The van der Waals surface area contributed by atoms with Gasteiger partial charge in [0.2, 0.25) is 0 Å². The summed E-state index contributed by atoms with van der Waals surface area (Å²) in [5, 5.41) is 5.53. The predicted molar refractivity (Wildman–Crippen MR) is 76.8 cm³/mol. The fourth-order valence-electron chi connectivity index (χ4n) is 2.20. The summed E-state index contributed by atoms with van der Waals surface area (Å²) >= 11 is 1.64. The summed E-state index contributed by atoms with van der Waals surface area (Å²) in [6.07, 6.45) is 0. The Hall–Kier alpha value is -1.71. The van der Waals surface area contributed by atoms with Crippen LogP contribution >= 0.6 is 11.3 Å². The van der Waals surface area contributed by atoms with E-state index in [2.05, 4.69) is 35.3 Å². The third-order valence-corrected chi connectivity index (χ3v) is 3.91. The van der Waals surface area contributed by atoms with Gasteiger partial charge in [0.15, 0.2) is 0 Å². The van der Waals surface area contributed by atoms with Crippen LogP contribution in [0.2, 0.25) is 0 Å². The predicted octanol–water partition coefficient (Wildman–Crippen LogP) is 3.65. The highest BCUT2D eigenvalue weighted by atomic mass is 32.1. The van der Waals surface area contributed by atoms with Gasteiger partial charge in [-0.3, -0.25) is 0 Å². The minimum absolute atomic E-state index is 0.152. The van der Waals surface area contributed by atoms with Crippen molar-refractivity contribution in [1.82, 2.24) is 4.98 Å². The minimum Gasteiger partial charge on any atom is -0.319 e. The number of rotatable bonds is 2. The van der Waals surface area contributed by atoms with Crippen LogP contribution in [0.1, 0.15) is 22.3 Å². The van der Waals surface area contributed by atoms with Crippen molar-refractivity contribution < 1.29 is 0 Å². The van der Waals surface area contributed by atoms with Gasteiger partial charge in [-0.2, -0.15) is 0 Å². The number of aromatic nitrogens is 1. The van der Waals surface area contributed by atoms with Crippen LogP contribution in [0.3, 0.4) is 0 Å². The summed E-state index contributed by atoms with van der Waals surface area (Å²) in [7, 11) is 0. The average molecular weight is 254 g/mol. The molecule has 3 rings (SSSR count). The molecule has 1 atom stereocenters. The lowest BCUT2D eigenvalue weighted by Gasteiger charge is -2.12. The van der Waals surface area contributed by atoms with Gasteiger partial charge in [0, 0.05) is 5.38 Å². The van der Waals surface area contributed by atoms with Crippen molar-refractivity contribution in [3.05, 3.63) is 64.1 Å². The average Bonchev–Trinajstić information content (AvgIpc) is 2.84. The molecule has 3 aromatic rings. The van der Waals surface area contributed by atoms with Crippen molar-refractivity contribution in [1.29, 1.82) is 0 Å². The lowest BCUT2D eigenvalue weighted by Crippen LogP contribution is -2.12. The van der Waals surface area contributed by atoms with Gasteiger partial charge in [0.05, 0.1) is 16.7 Å². The maximum absolute atomic E-state index is 6.34. The third-order valence-electron chi connectivity index (χ3n) is 3.11. The molecule has 0 spiro atoms. The number of benzene rings is 2. The maximum Gasteiger partial charge on any atom is 0.0898 e. The van der Waals surface area contributed by atoms with Gasteiger partial charge in [0.1, 0.15) is 0 Å². The summed E-state index contributed by atoms with van der Waals surface area (Å²) in [5.41, 5.74) is 8.43. The molecule has 0 saturated heterocycles. The summed E-state index contributed by atoms with van der Waals surface area (Å²) in [4.78, 5) is 4.49. The molecule has 3 heteroatoms. The molecule has 0 aliphatic heterocycles. The SMILES string of the molecule is Cc1nc(C(N)c2cccc3ccccc23)cs1. The number of thiazole rings is 1. The second-order valence-electron chi connectivity index (χ2n) is 4.34. The molecule has 2 N–H and O–H groups in total. The molecular formula is C15H14N2S. The Bertz CT molecular complexity index is 682. The molecule has 0 saturated carbocycles. The first-order valence-corrected chi connectivity index (χ1v) is 6.79. The fraction of sp³-hybridized carbons (Fsp3) is 0.133. The first-order valence-electron chi connectivity index (χ1n) is 5.91. The van der Waals surface area contributed by atoms with E-state index in [0.29, 0.717) is 0 Å². The largest absolute Gasteiger partial charge is 0.319 e. The number of nitrogens with zero attached hydrogens (tertiary/aromatic N) is 1. The smallest absolute Gasteiger partial charge is 0.0898 e. The monoisotopic (exact) mass is 254 g/mol. The number of nitrogens with two attached hydrogens (primary N) is 1. The quantitative estimate of drug-likeness (QED) is 0.758. The molecule has 0 aliphatic rings. The molecule has 0 aliphatic carbocycles. The summed E-state index contributed by atoms with van der Waals surface area (Å²) in [5.74, 6) is 0. The molecule has 18 heavy (non-hydrogen) atoms. The van der Waals surface area contributed by atoms with Crippen molar-refractivity contribution in [3.8, 4) is 0 Å². The Labute approximate surface area is 110 Å². The van der Waals surface area contributed by atoms with Gasteiger partial charge < -0.3 is 5.73 Å². The van der Waals surface area contributed by atoms with E-state index in [-0.39, 0.29) is 6.04 Å². The van der Waals surface area contributed by atoms with Crippen molar-refractivity contribution in [2.75, 3.05) is 0 Å². The molecule has 0 fully saturated rings. The molecule has 0 radical (unpaired) electrons. The van der Waals surface area contributed by atoms with Crippen LogP contribution in [0.25, 0.3) is 10.8 Å². The highest BCUT2D eigenvalue weighted by Gasteiger charge is 2.14. The topological polar surface area (TPSA) is 38.9 Å². The highest BCUT2D eigenvalue weighted by Crippen LogP contribution is 2.27. The van der Waals surface area contributed by atoms with Gasteiger partial charge in [-0.05, 0) is 23.3 Å². The van der Waals surface area contributed by atoms with Crippen LogP contribution in [0.5, 0.6) is 0 Å². The Balaban J connectivity index is 2.14. The Morgan fingerprint density at radius 2 is 1.89 bits per heavy atom. The van der Waals surface area contributed by atoms with Crippen LogP contribution < -0.4 is 5.73 Å². The van der Waals surface area contributed by atoms with E-state index in [1.807, 2.05) is 24.4 Å². The van der Waals surface area contributed by atoms with Crippen LogP contribution in [0, 0.1) is 6.92 Å². The first kappa shape index (κ1) is 11.4. The van der Waals surface area contributed by atoms with Crippen molar-refractivity contribution >= 4 is 22.1 Å². The van der Waals surface area contributed by atoms with Crippen molar-refractivity contribution in [3.63, 3.8) is 0 Å². The number of hydrogen-bond acceptors (Lipinski definition) is 3. The van der Waals surface area contributed by atoms with Crippen molar-refractivity contribution in [2.24, 2.45) is 5.73 Å². The zero-order chi connectivity index (χ0) is 12.5. The molecule has 2 nitrogen and oxygen atoms in total. The normalized spacial score (nSPS) is 12.8. The van der Waals surface area contributed by atoms with Crippen LogP contribution in [-0.4, -0.2) is 4.98 Å². The molecular weight excluding hydrogens is 240 g/mol. The van der Waals surface area contributed by atoms with E-state index in [0.717, 1.165) is 16.3 Å². The van der Waals surface area contributed by atoms with E-state index in [1.165, 1.54) is 10.8 Å². The van der Waals surface area contributed by atoms with Crippen LogP contribution in [0.4, 0.5) is 0 Å². The minimum atomic E-state index is -0.152. The standard InChI is InChI=1S/C15H14N2S/c1-10-17-14(9-18-10)15(16)13-8-4-6-11-5-2-3-7-12(11)13/h2-9,15H,16H2,1H3. The summed E-state index contributed by atoms with van der Waals surface area (Å²) < 4.78 is 0. The first-order chi connectivity index (χ1) is 8.75. The Morgan fingerprint density at radius 1 is 1.11 bits per heavy atom. The van der Waals surface area contributed by atoms with E-state index in [4.69, 9.17) is 5.73 Å². The second-order valence-corrected chi connectivity index (χ2v) is 5.40. The van der Waals surface area contributed by atoms with E-state index >= 15 is 0 Å². The Kier molecular flexibility index (Phi) is 2.86. The molecule has 0 amide bonds. The second kappa shape index (κ2) is 4.52. The number of hydrogen-bond donors (Lipinski definition) is 1. The third kappa shape index (κ3) is 1.92. The molecule has 1 aromatic heterocycles. The maximum atomic E-state index is 6.34. The zero-order valence-corrected chi connectivity index (χ0v) is 10.9. The van der Waals surface area contributed by atoms with E-state index in [9.17, 15) is 0 Å². The summed E-state index contributed by atoms with van der Waals surface area (Å²) in [6, 6.07) is 14.4. The number of aryl methyl sites for hydroxylation is 1. The zero-order valence-electron chi connectivity index (χ0n) is 10.1. The van der Waals surface area contributed by atoms with Crippen LogP contribution in [0.15, 0.2) is 47.8 Å². The van der Waals surface area contributed by atoms with E-state index in [1.54, 1.807) is 11.3 Å². The van der Waals surface area contributed by atoms with E-state index < -0.39 is 0 Å². The Morgan fingerprint density at radius 3 is 2.67 bits per heavy atom. The van der Waals surface area contributed by atoms with Gasteiger partial charge in [-0.25, -0.2) is 4.98 Å². The van der Waals surface area contributed by atoms with Gasteiger partial charge in [0.25, 0.3) is 0 Å². The molecule has 0 bridgehead atoms. The highest BCUT2D eigenvalue weighted by molar-refractivity contribution is 7.09. The van der Waals surface area contributed by atoms with Gasteiger partial charge >= 0.3 is 0 Å². The van der Waals surface area contributed by atoms with Gasteiger partial charge in [-0.1, -0.05) is 42.5 Å². The van der Waals surface area contributed by atoms with Gasteiger partial charge in [-0.15, -0.1) is 11.3 Å². The molecule has 90 valence electrons. The lowest BCUT2D eigenvalue weighted by atomic mass is 9.98. The molecule has 2 aromatic carbocycles. The number of fused-ring (bicyclic) bond motifs is 1.